The third kappa shape index (κ3) is 3.20. The lowest BCUT2D eigenvalue weighted by atomic mass is 9.93. The third-order valence-electron chi connectivity index (χ3n) is 3.73. The molecule has 1 aromatic rings. The number of aryl methyl sites for hydroxylation is 1. The highest BCUT2D eigenvalue weighted by molar-refractivity contribution is 6.21. The summed E-state index contributed by atoms with van der Waals surface area (Å²) < 4.78 is 0. The van der Waals surface area contributed by atoms with Crippen molar-refractivity contribution in [2.75, 3.05) is 7.05 Å². The van der Waals surface area contributed by atoms with E-state index in [1.807, 2.05) is 12.3 Å². The largest absolute Gasteiger partial charge is 0.296 e. The molecule has 2 nitrogen and oxygen atoms in total. The van der Waals surface area contributed by atoms with Crippen LogP contribution in [-0.2, 0) is 6.54 Å². The standard InChI is InChI=1S/C14H21ClN2/c1-11-6-5-9-16-13(11)10-17(2)14-8-4-3-7-12(14)15/h5-6,9,12,14H,3-4,7-8,10H2,1-2H3. The van der Waals surface area contributed by atoms with Gasteiger partial charge in [0.05, 0.1) is 5.69 Å². The van der Waals surface area contributed by atoms with Crippen molar-refractivity contribution in [3.63, 3.8) is 0 Å². The van der Waals surface area contributed by atoms with Crippen LogP contribution in [0.2, 0.25) is 0 Å². The summed E-state index contributed by atoms with van der Waals surface area (Å²) in [5.74, 6) is 0. The monoisotopic (exact) mass is 252 g/mol. The van der Waals surface area contributed by atoms with E-state index >= 15 is 0 Å². The maximum atomic E-state index is 6.42. The van der Waals surface area contributed by atoms with Gasteiger partial charge in [0.1, 0.15) is 0 Å². The Morgan fingerprint density at radius 2 is 2.18 bits per heavy atom. The molecule has 0 saturated heterocycles. The van der Waals surface area contributed by atoms with Gasteiger partial charge in [0.15, 0.2) is 0 Å². The number of pyridine rings is 1. The molecule has 2 rings (SSSR count). The Bertz CT molecular complexity index is 367. The van der Waals surface area contributed by atoms with Crippen molar-refractivity contribution in [2.24, 2.45) is 0 Å². The molecule has 1 heterocycles. The van der Waals surface area contributed by atoms with Crippen molar-refractivity contribution in [1.29, 1.82) is 0 Å². The minimum Gasteiger partial charge on any atom is -0.296 e. The van der Waals surface area contributed by atoms with Crippen LogP contribution in [0.15, 0.2) is 18.3 Å². The second-order valence-electron chi connectivity index (χ2n) is 5.05. The van der Waals surface area contributed by atoms with Crippen molar-refractivity contribution in [2.45, 2.75) is 50.6 Å². The summed E-state index contributed by atoms with van der Waals surface area (Å²) >= 11 is 6.42. The summed E-state index contributed by atoms with van der Waals surface area (Å²) in [5.41, 5.74) is 2.44. The summed E-state index contributed by atoms with van der Waals surface area (Å²) in [4.78, 5) is 6.82. The van der Waals surface area contributed by atoms with Crippen molar-refractivity contribution < 1.29 is 0 Å². The van der Waals surface area contributed by atoms with E-state index in [2.05, 4.69) is 29.9 Å². The Morgan fingerprint density at radius 1 is 1.41 bits per heavy atom. The molecule has 2 atom stereocenters. The molecule has 2 unspecified atom stereocenters. The van der Waals surface area contributed by atoms with E-state index in [-0.39, 0.29) is 0 Å². The highest BCUT2D eigenvalue weighted by Gasteiger charge is 2.26. The minimum atomic E-state index is 0.303. The van der Waals surface area contributed by atoms with Crippen LogP contribution in [0.1, 0.15) is 36.9 Å². The molecule has 0 aliphatic heterocycles. The molecular formula is C14H21ClN2. The molecule has 0 aromatic carbocycles. The Kier molecular flexibility index (Phi) is 4.41. The van der Waals surface area contributed by atoms with Crippen LogP contribution in [0.3, 0.4) is 0 Å². The van der Waals surface area contributed by atoms with E-state index in [4.69, 9.17) is 11.6 Å². The lowest BCUT2D eigenvalue weighted by Gasteiger charge is -2.34. The zero-order valence-corrected chi connectivity index (χ0v) is 11.5. The van der Waals surface area contributed by atoms with E-state index in [0.717, 1.165) is 13.0 Å². The van der Waals surface area contributed by atoms with Crippen LogP contribution in [0.5, 0.6) is 0 Å². The molecule has 1 saturated carbocycles. The van der Waals surface area contributed by atoms with Crippen LogP contribution in [0.25, 0.3) is 0 Å². The van der Waals surface area contributed by atoms with Crippen LogP contribution in [0.4, 0.5) is 0 Å². The van der Waals surface area contributed by atoms with E-state index in [9.17, 15) is 0 Å². The average molecular weight is 253 g/mol. The van der Waals surface area contributed by atoms with Gasteiger partial charge < -0.3 is 0 Å². The van der Waals surface area contributed by atoms with Crippen LogP contribution in [-0.4, -0.2) is 28.4 Å². The summed E-state index contributed by atoms with van der Waals surface area (Å²) in [6, 6.07) is 4.62. The average Bonchev–Trinajstić information content (AvgIpc) is 2.32. The second-order valence-corrected chi connectivity index (χ2v) is 5.61. The molecule has 1 fully saturated rings. The first-order chi connectivity index (χ1) is 8.18. The number of nitrogens with zero attached hydrogens (tertiary/aromatic N) is 2. The molecular weight excluding hydrogens is 232 g/mol. The fraction of sp³-hybridized carbons (Fsp3) is 0.643. The highest BCUT2D eigenvalue weighted by atomic mass is 35.5. The van der Waals surface area contributed by atoms with Gasteiger partial charge in [-0.2, -0.15) is 0 Å². The number of hydrogen-bond acceptors (Lipinski definition) is 2. The van der Waals surface area contributed by atoms with Gasteiger partial charge in [-0.25, -0.2) is 0 Å². The van der Waals surface area contributed by atoms with Gasteiger partial charge in [0.2, 0.25) is 0 Å². The summed E-state index contributed by atoms with van der Waals surface area (Å²) in [5, 5.41) is 0.303. The number of hydrogen-bond donors (Lipinski definition) is 0. The molecule has 0 amide bonds. The SMILES string of the molecule is Cc1cccnc1CN(C)C1CCCCC1Cl. The minimum absolute atomic E-state index is 0.303. The Morgan fingerprint density at radius 3 is 2.88 bits per heavy atom. The number of rotatable bonds is 3. The molecule has 1 aliphatic rings. The van der Waals surface area contributed by atoms with E-state index in [1.165, 1.54) is 30.5 Å². The van der Waals surface area contributed by atoms with Crippen molar-refractivity contribution >= 4 is 11.6 Å². The van der Waals surface area contributed by atoms with Crippen molar-refractivity contribution in [3.8, 4) is 0 Å². The van der Waals surface area contributed by atoms with Crippen LogP contribution in [0, 0.1) is 6.92 Å². The lowest BCUT2D eigenvalue weighted by molar-refractivity contribution is 0.186. The summed E-state index contributed by atoms with van der Waals surface area (Å²) in [7, 11) is 2.17. The first-order valence-corrected chi connectivity index (χ1v) is 6.87. The topological polar surface area (TPSA) is 16.1 Å². The third-order valence-corrected chi connectivity index (χ3v) is 4.24. The Hall–Kier alpha value is -0.600. The fourth-order valence-electron chi connectivity index (χ4n) is 2.60. The van der Waals surface area contributed by atoms with Crippen molar-refractivity contribution in [3.05, 3.63) is 29.6 Å². The van der Waals surface area contributed by atoms with Crippen LogP contribution >= 0.6 is 11.6 Å². The molecule has 0 spiro atoms. The van der Waals surface area contributed by atoms with E-state index in [0.29, 0.717) is 11.4 Å². The number of aromatic nitrogens is 1. The first kappa shape index (κ1) is 12.8. The summed E-state index contributed by atoms with van der Waals surface area (Å²) in [6.45, 7) is 3.02. The Labute approximate surface area is 109 Å². The quantitative estimate of drug-likeness (QED) is 0.767. The fourth-order valence-corrected chi connectivity index (χ4v) is 3.07. The Balaban J connectivity index is 2.01. The van der Waals surface area contributed by atoms with Gasteiger partial charge in [-0.1, -0.05) is 18.9 Å². The molecule has 1 aromatic heterocycles. The van der Waals surface area contributed by atoms with Crippen molar-refractivity contribution in [1.82, 2.24) is 9.88 Å². The molecule has 1 aliphatic carbocycles. The van der Waals surface area contributed by atoms with Gasteiger partial charge in [-0.05, 0) is 38.4 Å². The molecule has 3 heteroatoms. The molecule has 94 valence electrons. The molecule has 17 heavy (non-hydrogen) atoms. The van der Waals surface area contributed by atoms with Crippen LogP contribution < -0.4 is 0 Å². The zero-order chi connectivity index (χ0) is 12.3. The van der Waals surface area contributed by atoms with E-state index < -0.39 is 0 Å². The molecule has 0 radical (unpaired) electrons. The van der Waals surface area contributed by atoms with Gasteiger partial charge in [-0.15, -0.1) is 11.6 Å². The predicted molar refractivity (Wildman–Crippen MR) is 72.3 cm³/mol. The number of alkyl halides is 1. The lowest BCUT2D eigenvalue weighted by Crippen LogP contribution is -2.40. The maximum absolute atomic E-state index is 6.42. The van der Waals surface area contributed by atoms with E-state index in [1.54, 1.807) is 0 Å². The highest BCUT2D eigenvalue weighted by Crippen LogP contribution is 2.27. The normalized spacial score (nSPS) is 25.2. The summed E-state index contributed by atoms with van der Waals surface area (Å²) in [6.07, 6.45) is 6.82. The predicted octanol–water partition coefficient (Wildman–Crippen LogP) is 3.37. The smallest absolute Gasteiger partial charge is 0.0573 e. The van der Waals surface area contributed by atoms with Gasteiger partial charge in [0, 0.05) is 24.2 Å². The first-order valence-electron chi connectivity index (χ1n) is 6.43. The van der Waals surface area contributed by atoms with Gasteiger partial charge >= 0.3 is 0 Å². The number of halogens is 1. The molecule has 0 bridgehead atoms. The molecule has 0 N–H and O–H groups in total. The van der Waals surface area contributed by atoms with Gasteiger partial charge in [-0.3, -0.25) is 9.88 Å². The second kappa shape index (κ2) is 5.83. The van der Waals surface area contributed by atoms with Gasteiger partial charge in [0.25, 0.3) is 0 Å². The zero-order valence-electron chi connectivity index (χ0n) is 10.7. The maximum Gasteiger partial charge on any atom is 0.0573 e.